The predicted octanol–water partition coefficient (Wildman–Crippen LogP) is 23.9. The number of hydrogen-bond acceptors (Lipinski definition) is 15. The van der Waals surface area contributed by atoms with E-state index in [1.165, 1.54) is 83.5 Å². The summed E-state index contributed by atoms with van der Waals surface area (Å²) in [4.78, 5) is 73.0. The van der Waals surface area contributed by atoms with Crippen molar-refractivity contribution in [1.29, 1.82) is 0 Å². The zero-order valence-electron chi connectivity index (χ0n) is 65.4. The summed E-state index contributed by atoms with van der Waals surface area (Å²) >= 11 is 0. The third-order valence-corrected chi connectivity index (χ3v) is 18.8. The lowest BCUT2D eigenvalue weighted by atomic mass is 10.1. The van der Waals surface area contributed by atoms with Gasteiger partial charge in [0.1, 0.15) is 19.3 Å². The summed E-state index contributed by atoms with van der Waals surface area (Å²) < 4.78 is 68.6. The van der Waals surface area contributed by atoms with E-state index >= 15 is 0 Å². The minimum atomic E-state index is -5.00. The maximum atomic E-state index is 13.1. The first kappa shape index (κ1) is 99.5. The van der Waals surface area contributed by atoms with Crippen LogP contribution in [0.15, 0.2) is 122 Å². The van der Waals surface area contributed by atoms with Crippen molar-refractivity contribution in [3.63, 3.8) is 0 Å². The first-order valence-corrected chi connectivity index (χ1v) is 43.8. The molecule has 0 spiro atoms. The Kier molecular flexibility index (Phi) is 73.3. The van der Waals surface area contributed by atoms with Crippen LogP contribution in [0.4, 0.5) is 0 Å². The van der Waals surface area contributed by atoms with Crippen LogP contribution in [0.3, 0.4) is 0 Å². The molecule has 0 aromatic heterocycles. The maximum Gasteiger partial charge on any atom is 0.472 e. The predicted molar refractivity (Wildman–Crippen MR) is 427 cm³/mol. The lowest BCUT2D eigenvalue weighted by Crippen LogP contribution is -2.30. The van der Waals surface area contributed by atoms with E-state index < -0.39 is 97.5 Å². The topological polar surface area (TPSA) is 237 Å². The van der Waals surface area contributed by atoms with Crippen LogP contribution in [0.2, 0.25) is 0 Å². The number of phosphoric acid groups is 2. The highest BCUT2D eigenvalue weighted by molar-refractivity contribution is 7.47. The molecule has 0 amide bonds. The van der Waals surface area contributed by atoms with Gasteiger partial charge in [0.05, 0.1) is 26.4 Å². The molecule has 3 N–H and O–H groups in total. The van der Waals surface area contributed by atoms with E-state index in [-0.39, 0.29) is 25.7 Å². The molecule has 104 heavy (non-hydrogen) atoms. The second-order valence-electron chi connectivity index (χ2n) is 27.0. The molecule has 0 aliphatic rings. The second-order valence-corrected chi connectivity index (χ2v) is 29.9. The number of esters is 4. The van der Waals surface area contributed by atoms with Crippen LogP contribution in [0.1, 0.15) is 336 Å². The summed E-state index contributed by atoms with van der Waals surface area (Å²) in [6, 6.07) is 0. The Morgan fingerprint density at radius 1 is 0.279 bits per heavy atom. The van der Waals surface area contributed by atoms with E-state index in [2.05, 4.69) is 131 Å². The first-order valence-electron chi connectivity index (χ1n) is 40.8. The Bertz CT molecular complexity index is 2440. The van der Waals surface area contributed by atoms with Crippen LogP contribution in [0.25, 0.3) is 0 Å². The second kappa shape index (κ2) is 76.6. The van der Waals surface area contributed by atoms with Gasteiger partial charge in [0, 0.05) is 25.7 Å². The lowest BCUT2D eigenvalue weighted by Gasteiger charge is -2.21. The summed E-state index contributed by atoms with van der Waals surface area (Å²) in [7, 11) is -9.99. The van der Waals surface area contributed by atoms with E-state index in [9.17, 15) is 43.2 Å². The van der Waals surface area contributed by atoms with Crippen molar-refractivity contribution in [1.82, 2.24) is 0 Å². The Morgan fingerprint density at radius 3 is 0.865 bits per heavy atom. The van der Waals surface area contributed by atoms with E-state index in [1.54, 1.807) is 0 Å². The van der Waals surface area contributed by atoms with Crippen molar-refractivity contribution >= 4 is 39.5 Å². The number of unbranched alkanes of at least 4 members (excludes halogenated alkanes) is 30. The minimum absolute atomic E-state index is 0.0335. The summed E-state index contributed by atoms with van der Waals surface area (Å²) in [5.41, 5.74) is 0. The largest absolute Gasteiger partial charge is 0.472 e. The van der Waals surface area contributed by atoms with Crippen LogP contribution in [0, 0.1) is 0 Å². The molecule has 0 rings (SSSR count). The minimum Gasteiger partial charge on any atom is -0.462 e. The standard InChI is InChI=1S/C85H146O17P2/c1-5-9-13-17-21-25-29-33-37-38-39-40-44-48-52-56-60-64-68-72-85(90)102-81(76-96-83(88)70-66-62-58-54-50-46-42-35-31-27-23-19-15-11-7-3)78-100-104(93,94)98-74-79(86)73-97-103(91,92)99-77-80(101-84(89)71-67-63-59-55-51-47-43-36-32-28-24-20-16-12-8-4)75-95-82(87)69-65-61-57-53-49-45-41-34-30-26-22-18-14-10-6-2/h9,13,21-22,25-26,28,32-35,37,39-42,48,52,60,64,79-81,86H,5-8,10-12,14-20,23-24,27,29-31,36,38,43-47,49-51,53-59,61-63,65-78H2,1-4H3,(H,91,92)(H,93,94)/b13-9-,25-21-,26-22-,32-28-,37-33-,40-39-,41-34-,42-35-,52-48-,64-60-/t79-,80-,81-/m1/s1. The number of hydrogen-bond donors (Lipinski definition) is 3. The van der Waals surface area contributed by atoms with Gasteiger partial charge in [0.25, 0.3) is 0 Å². The van der Waals surface area contributed by atoms with Gasteiger partial charge in [-0.2, -0.15) is 0 Å². The van der Waals surface area contributed by atoms with Crippen molar-refractivity contribution in [3.05, 3.63) is 122 Å². The molecule has 2 unspecified atom stereocenters. The van der Waals surface area contributed by atoms with Crippen LogP contribution in [-0.4, -0.2) is 96.7 Å². The van der Waals surface area contributed by atoms with Crippen LogP contribution in [-0.2, 0) is 65.4 Å². The molecule has 0 aliphatic carbocycles. The highest BCUT2D eigenvalue weighted by Crippen LogP contribution is 2.45. The van der Waals surface area contributed by atoms with E-state index in [1.807, 2.05) is 18.2 Å². The number of aliphatic hydroxyl groups excluding tert-OH is 1. The molecule has 0 bridgehead atoms. The molecule has 0 saturated carbocycles. The molecule has 0 fully saturated rings. The molecule has 0 aromatic carbocycles. The Labute approximate surface area is 632 Å². The number of carbonyl (C=O) groups excluding carboxylic acids is 4. The summed E-state index contributed by atoms with van der Waals surface area (Å²) in [6.07, 6.45) is 84.7. The van der Waals surface area contributed by atoms with Crippen LogP contribution < -0.4 is 0 Å². The fraction of sp³-hybridized carbons (Fsp3) is 0.718. The molecule has 5 atom stereocenters. The molecule has 0 radical (unpaired) electrons. The zero-order valence-corrected chi connectivity index (χ0v) is 67.2. The highest BCUT2D eigenvalue weighted by Gasteiger charge is 2.30. The van der Waals surface area contributed by atoms with Gasteiger partial charge in [0.15, 0.2) is 12.2 Å². The average Bonchev–Trinajstić information content (AvgIpc) is 0.943. The van der Waals surface area contributed by atoms with Crippen molar-refractivity contribution in [2.75, 3.05) is 39.6 Å². The smallest absolute Gasteiger partial charge is 0.462 e. The van der Waals surface area contributed by atoms with Gasteiger partial charge >= 0.3 is 39.5 Å². The molecule has 0 saturated heterocycles. The average molecular weight is 1500 g/mol. The Balaban J connectivity index is 5.45. The third-order valence-electron chi connectivity index (χ3n) is 16.9. The van der Waals surface area contributed by atoms with Gasteiger partial charge in [-0.3, -0.25) is 37.3 Å². The maximum absolute atomic E-state index is 13.1. The number of phosphoric ester groups is 2. The molecule has 0 heterocycles. The number of aliphatic hydroxyl groups is 1. The molecular weight excluding hydrogens is 1350 g/mol. The summed E-state index contributed by atoms with van der Waals surface area (Å²) in [5.74, 6) is -2.29. The quantitative estimate of drug-likeness (QED) is 0.0169. The first-order chi connectivity index (χ1) is 50.7. The van der Waals surface area contributed by atoms with Gasteiger partial charge in [-0.25, -0.2) is 9.13 Å². The van der Waals surface area contributed by atoms with Gasteiger partial charge in [-0.1, -0.05) is 284 Å². The normalized spacial score (nSPS) is 14.5. The van der Waals surface area contributed by atoms with Gasteiger partial charge in [-0.15, -0.1) is 0 Å². The fourth-order valence-electron chi connectivity index (χ4n) is 10.7. The SMILES string of the molecule is CC/C=C\C/C=C\C/C=C\C/C=C\C/C=C\C/C=C\CCC(=O)O[C@H](COC(=O)CCCCCCC/C=C\CCCCCCCC)COP(=O)(O)OC[C@H](O)COP(=O)(O)OC[C@@H](COC(=O)CCCCCCC/C=C\C/C=C\CCCCC)OC(=O)CCCCCCCCC/C=C\CCCCCC. The third kappa shape index (κ3) is 75.7. The number of rotatable bonds is 76. The Morgan fingerprint density at radius 2 is 0.519 bits per heavy atom. The van der Waals surface area contributed by atoms with Crippen molar-refractivity contribution in [3.8, 4) is 0 Å². The summed E-state index contributed by atoms with van der Waals surface area (Å²) in [5, 5.41) is 10.6. The lowest BCUT2D eigenvalue weighted by molar-refractivity contribution is -0.161. The monoisotopic (exact) mass is 1500 g/mol. The number of ether oxygens (including phenoxy) is 4. The van der Waals surface area contributed by atoms with Crippen molar-refractivity contribution < 1.29 is 80.2 Å². The highest BCUT2D eigenvalue weighted by atomic mass is 31.2. The van der Waals surface area contributed by atoms with Crippen molar-refractivity contribution in [2.24, 2.45) is 0 Å². The zero-order chi connectivity index (χ0) is 76.0. The van der Waals surface area contributed by atoms with E-state index in [0.717, 1.165) is 167 Å². The fourth-order valence-corrected chi connectivity index (χ4v) is 12.3. The van der Waals surface area contributed by atoms with Gasteiger partial charge in [-0.05, 0) is 148 Å². The molecule has 598 valence electrons. The molecule has 0 aromatic rings. The molecular formula is C85H146O17P2. The van der Waals surface area contributed by atoms with E-state index in [4.69, 9.17) is 37.0 Å². The summed E-state index contributed by atoms with van der Waals surface area (Å²) in [6.45, 7) is 4.63. The van der Waals surface area contributed by atoms with Crippen molar-refractivity contribution in [2.45, 2.75) is 354 Å². The van der Waals surface area contributed by atoms with Crippen LogP contribution >= 0.6 is 15.6 Å². The van der Waals surface area contributed by atoms with Gasteiger partial charge < -0.3 is 33.8 Å². The number of carbonyl (C=O) groups is 4. The van der Waals surface area contributed by atoms with E-state index in [0.29, 0.717) is 32.1 Å². The Hall–Kier alpha value is -4.54. The number of allylic oxidation sites excluding steroid dienone is 20. The van der Waals surface area contributed by atoms with Gasteiger partial charge in [0.2, 0.25) is 0 Å². The molecule has 17 nitrogen and oxygen atoms in total. The van der Waals surface area contributed by atoms with Crippen LogP contribution in [0.5, 0.6) is 0 Å². The molecule has 0 aliphatic heterocycles. The molecule has 19 heteroatoms.